The number of aliphatic hydroxyl groups is 1. The molecule has 1 saturated heterocycles. The number of ketones is 1. The summed E-state index contributed by atoms with van der Waals surface area (Å²) in [5.74, 6) is -0.636. The second-order valence-corrected chi connectivity index (χ2v) is 7.69. The van der Waals surface area contributed by atoms with E-state index in [0.717, 1.165) is 0 Å². The topological polar surface area (TPSA) is 85.3 Å². The molecule has 2 aliphatic heterocycles. The molecule has 0 spiro atoms. The van der Waals surface area contributed by atoms with Gasteiger partial charge in [0.15, 0.2) is 11.5 Å². The van der Waals surface area contributed by atoms with Crippen LogP contribution in [0.3, 0.4) is 0 Å². The average Bonchev–Trinajstić information content (AvgIpc) is 3.03. The van der Waals surface area contributed by atoms with E-state index in [2.05, 4.69) is 0 Å². The summed E-state index contributed by atoms with van der Waals surface area (Å²) < 4.78 is 16.2. The molecule has 31 heavy (non-hydrogen) atoms. The summed E-state index contributed by atoms with van der Waals surface area (Å²) >= 11 is 6.18. The van der Waals surface area contributed by atoms with Crippen molar-refractivity contribution < 1.29 is 28.9 Å². The Hall–Kier alpha value is -3.03. The molecule has 1 amide bonds. The number of methoxy groups -OCH3 is 1. The summed E-state index contributed by atoms with van der Waals surface area (Å²) in [4.78, 5) is 27.3. The summed E-state index contributed by atoms with van der Waals surface area (Å²) in [7, 11) is 1.57. The number of rotatable bonds is 6. The Labute approximate surface area is 184 Å². The SMILES string of the molecule is COCCCN1C(=O)C(=O)C(=C(O)c2ccc3c(c2)OCCO3)[C@H]1c1cccc(Cl)c1. The average molecular weight is 444 g/mol. The first-order valence-electron chi connectivity index (χ1n) is 9.94. The van der Waals surface area contributed by atoms with Crippen LogP contribution in [0.5, 0.6) is 11.5 Å². The highest BCUT2D eigenvalue weighted by atomic mass is 35.5. The monoisotopic (exact) mass is 443 g/mol. The summed E-state index contributed by atoms with van der Waals surface area (Å²) in [5.41, 5.74) is 1.02. The number of carbonyl (C=O) groups is 2. The molecule has 0 aliphatic carbocycles. The fraction of sp³-hybridized carbons (Fsp3) is 0.304. The predicted molar refractivity (Wildman–Crippen MR) is 114 cm³/mol. The molecule has 0 unspecified atom stereocenters. The van der Waals surface area contributed by atoms with Crippen molar-refractivity contribution in [3.63, 3.8) is 0 Å². The number of carbonyl (C=O) groups excluding carboxylic acids is 2. The normalized spacial score (nSPS) is 19.7. The first kappa shape index (κ1) is 21.2. The van der Waals surface area contributed by atoms with Crippen molar-refractivity contribution in [3.8, 4) is 11.5 Å². The van der Waals surface area contributed by atoms with Crippen LogP contribution in [0.1, 0.15) is 23.6 Å². The van der Waals surface area contributed by atoms with Crippen LogP contribution < -0.4 is 9.47 Å². The lowest BCUT2D eigenvalue weighted by Crippen LogP contribution is -2.31. The molecule has 1 fully saturated rings. The van der Waals surface area contributed by atoms with Gasteiger partial charge in [0.2, 0.25) is 0 Å². The lowest BCUT2D eigenvalue weighted by Gasteiger charge is -2.25. The van der Waals surface area contributed by atoms with Crippen LogP contribution >= 0.6 is 11.6 Å². The Morgan fingerprint density at radius 1 is 1.16 bits per heavy atom. The summed E-state index contributed by atoms with van der Waals surface area (Å²) in [6.07, 6.45) is 0.546. The summed E-state index contributed by atoms with van der Waals surface area (Å²) in [6.45, 7) is 1.57. The van der Waals surface area contributed by atoms with Gasteiger partial charge in [0.05, 0.1) is 11.6 Å². The number of likely N-dealkylation sites (tertiary alicyclic amines) is 1. The summed E-state index contributed by atoms with van der Waals surface area (Å²) in [6, 6.07) is 11.1. The third kappa shape index (κ3) is 4.11. The minimum Gasteiger partial charge on any atom is -0.507 e. The Balaban J connectivity index is 1.81. The van der Waals surface area contributed by atoms with Crippen molar-refractivity contribution in [1.29, 1.82) is 0 Å². The highest BCUT2D eigenvalue weighted by Gasteiger charge is 2.45. The lowest BCUT2D eigenvalue weighted by atomic mass is 9.95. The van der Waals surface area contributed by atoms with Crippen LogP contribution in [0.25, 0.3) is 5.76 Å². The first-order chi connectivity index (χ1) is 15.0. The number of amides is 1. The van der Waals surface area contributed by atoms with E-state index >= 15 is 0 Å². The van der Waals surface area contributed by atoms with E-state index in [-0.39, 0.29) is 11.3 Å². The number of Topliss-reactive ketones (excluding diaryl/α,β-unsaturated/α-hetero) is 1. The number of hydrogen-bond acceptors (Lipinski definition) is 6. The molecule has 1 N–H and O–H groups in total. The number of halogens is 1. The lowest BCUT2D eigenvalue weighted by molar-refractivity contribution is -0.140. The molecule has 1 atom stereocenters. The fourth-order valence-electron chi connectivity index (χ4n) is 3.86. The highest BCUT2D eigenvalue weighted by molar-refractivity contribution is 6.46. The van der Waals surface area contributed by atoms with Crippen LogP contribution in [0.2, 0.25) is 5.02 Å². The molecule has 0 bridgehead atoms. The van der Waals surface area contributed by atoms with Crippen LogP contribution in [-0.4, -0.2) is 55.2 Å². The van der Waals surface area contributed by atoms with Gasteiger partial charge in [-0.15, -0.1) is 0 Å². The zero-order valence-electron chi connectivity index (χ0n) is 17.0. The molecule has 2 aromatic carbocycles. The molecule has 2 aromatic rings. The van der Waals surface area contributed by atoms with Gasteiger partial charge in [-0.05, 0) is 42.3 Å². The van der Waals surface area contributed by atoms with Gasteiger partial charge in [0, 0.05) is 30.8 Å². The quantitative estimate of drug-likeness (QED) is 0.318. The largest absolute Gasteiger partial charge is 0.507 e. The maximum absolute atomic E-state index is 13.0. The minimum absolute atomic E-state index is 0.0151. The maximum Gasteiger partial charge on any atom is 0.295 e. The molecule has 0 aromatic heterocycles. The molecular formula is C23H22ClNO6. The second-order valence-electron chi connectivity index (χ2n) is 7.25. The summed E-state index contributed by atoms with van der Waals surface area (Å²) in [5, 5.41) is 11.6. The molecular weight excluding hydrogens is 422 g/mol. The number of fused-ring (bicyclic) bond motifs is 1. The van der Waals surface area contributed by atoms with Gasteiger partial charge in [0.1, 0.15) is 19.0 Å². The molecule has 2 aliphatic rings. The van der Waals surface area contributed by atoms with Crippen molar-refractivity contribution >= 4 is 29.1 Å². The standard InChI is InChI=1S/C23H22ClNO6/c1-29-9-3-8-25-20(14-4-2-5-16(24)12-14)19(22(27)23(25)28)21(26)15-6-7-17-18(13-15)31-11-10-30-17/h2,4-7,12-13,20,26H,3,8-11H2,1H3/t20-/m1/s1. The number of aliphatic hydroxyl groups excluding tert-OH is 1. The molecule has 162 valence electrons. The van der Waals surface area contributed by atoms with Gasteiger partial charge in [-0.3, -0.25) is 9.59 Å². The third-order valence-corrected chi connectivity index (χ3v) is 5.50. The molecule has 7 nitrogen and oxygen atoms in total. The van der Waals surface area contributed by atoms with E-state index in [9.17, 15) is 14.7 Å². The molecule has 0 saturated carbocycles. The van der Waals surface area contributed by atoms with Crippen molar-refractivity contribution in [3.05, 3.63) is 64.2 Å². The number of nitrogens with zero attached hydrogens (tertiary/aromatic N) is 1. The van der Waals surface area contributed by atoms with Crippen LogP contribution in [0, 0.1) is 0 Å². The smallest absolute Gasteiger partial charge is 0.295 e. The van der Waals surface area contributed by atoms with E-state index in [1.807, 2.05) is 0 Å². The van der Waals surface area contributed by atoms with E-state index < -0.39 is 17.7 Å². The van der Waals surface area contributed by atoms with E-state index in [0.29, 0.717) is 60.4 Å². The first-order valence-corrected chi connectivity index (χ1v) is 10.3. The predicted octanol–water partition coefficient (Wildman–Crippen LogP) is 3.57. The van der Waals surface area contributed by atoms with Crippen LogP contribution in [0.4, 0.5) is 0 Å². The van der Waals surface area contributed by atoms with Crippen molar-refractivity contribution in [2.75, 3.05) is 33.5 Å². The van der Waals surface area contributed by atoms with Gasteiger partial charge in [-0.2, -0.15) is 0 Å². The molecule has 0 radical (unpaired) electrons. The van der Waals surface area contributed by atoms with Crippen molar-refractivity contribution in [2.45, 2.75) is 12.5 Å². The Bertz CT molecular complexity index is 1050. The fourth-order valence-corrected chi connectivity index (χ4v) is 4.06. The maximum atomic E-state index is 13.0. The van der Waals surface area contributed by atoms with Gasteiger partial charge >= 0.3 is 0 Å². The molecule has 4 rings (SSSR count). The van der Waals surface area contributed by atoms with E-state index in [1.54, 1.807) is 49.6 Å². The minimum atomic E-state index is -0.760. The van der Waals surface area contributed by atoms with E-state index in [1.165, 1.54) is 4.90 Å². The molecule has 2 heterocycles. The zero-order valence-corrected chi connectivity index (χ0v) is 17.7. The third-order valence-electron chi connectivity index (χ3n) is 5.27. The number of benzene rings is 2. The Morgan fingerprint density at radius 2 is 1.94 bits per heavy atom. The van der Waals surface area contributed by atoms with Gasteiger partial charge in [-0.1, -0.05) is 23.7 Å². The second kappa shape index (κ2) is 8.99. The molecule has 8 heteroatoms. The van der Waals surface area contributed by atoms with Crippen LogP contribution in [-0.2, 0) is 14.3 Å². The van der Waals surface area contributed by atoms with Gasteiger partial charge in [-0.25, -0.2) is 0 Å². The highest BCUT2D eigenvalue weighted by Crippen LogP contribution is 2.41. The number of ether oxygens (including phenoxy) is 3. The van der Waals surface area contributed by atoms with Crippen molar-refractivity contribution in [2.24, 2.45) is 0 Å². The number of hydrogen-bond donors (Lipinski definition) is 1. The Morgan fingerprint density at radius 3 is 2.68 bits per heavy atom. The van der Waals surface area contributed by atoms with Crippen LogP contribution in [0.15, 0.2) is 48.0 Å². The zero-order chi connectivity index (χ0) is 22.0. The van der Waals surface area contributed by atoms with Crippen molar-refractivity contribution in [1.82, 2.24) is 4.90 Å². The van der Waals surface area contributed by atoms with Gasteiger partial charge < -0.3 is 24.2 Å². The van der Waals surface area contributed by atoms with E-state index in [4.69, 9.17) is 25.8 Å². The Kier molecular flexibility index (Phi) is 6.15. The van der Waals surface area contributed by atoms with Gasteiger partial charge in [0.25, 0.3) is 11.7 Å².